The van der Waals surface area contributed by atoms with Gasteiger partial charge in [0.2, 0.25) is 0 Å². The molecule has 0 amide bonds. The van der Waals surface area contributed by atoms with Crippen molar-refractivity contribution in [1.82, 2.24) is 4.90 Å². The van der Waals surface area contributed by atoms with Crippen LogP contribution >= 0.6 is 11.8 Å². The summed E-state index contributed by atoms with van der Waals surface area (Å²) in [4.78, 5) is 2.73. The van der Waals surface area contributed by atoms with Crippen molar-refractivity contribution in [3.8, 4) is 0 Å². The standard InChI is InChI=1S/C10H19NS/c1-9-3-2-5-11(7-9)10-4-6-12-8-10/h9-10H,2-8H2,1H3. The zero-order valence-corrected chi connectivity index (χ0v) is 8.78. The van der Waals surface area contributed by atoms with Crippen LogP contribution in [0, 0.1) is 5.92 Å². The average molecular weight is 185 g/mol. The Labute approximate surface area is 79.9 Å². The molecule has 1 nitrogen and oxygen atoms in total. The Kier molecular flexibility index (Phi) is 2.97. The van der Waals surface area contributed by atoms with E-state index < -0.39 is 0 Å². The van der Waals surface area contributed by atoms with Crippen molar-refractivity contribution in [2.24, 2.45) is 5.92 Å². The van der Waals surface area contributed by atoms with Crippen molar-refractivity contribution >= 4 is 11.8 Å². The summed E-state index contributed by atoms with van der Waals surface area (Å²) in [6, 6.07) is 0.928. The molecule has 2 aliphatic heterocycles. The van der Waals surface area contributed by atoms with Crippen molar-refractivity contribution in [2.45, 2.75) is 32.2 Å². The predicted molar refractivity (Wildman–Crippen MR) is 55.7 cm³/mol. The van der Waals surface area contributed by atoms with Gasteiger partial charge in [0.1, 0.15) is 0 Å². The lowest BCUT2D eigenvalue weighted by molar-refractivity contribution is 0.142. The first-order valence-corrected chi connectivity index (χ1v) is 6.33. The minimum atomic E-state index is 0.928. The Morgan fingerprint density at radius 3 is 2.92 bits per heavy atom. The van der Waals surface area contributed by atoms with Gasteiger partial charge in [-0.3, -0.25) is 4.90 Å². The number of hydrogen-bond acceptors (Lipinski definition) is 2. The largest absolute Gasteiger partial charge is 0.299 e. The summed E-state index contributed by atoms with van der Waals surface area (Å²) >= 11 is 2.14. The number of nitrogens with zero attached hydrogens (tertiary/aromatic N) is 1. The molecule has 2 unspecified atom stereocenters. The molecule has 2 rings (SSSR count). The van der Waals surface area contributed by atoms with Gasteiger partial charge in [-0.15, -0.1) is 0 Å². The molecule has 2 atom stereocenters. The van der Waals surface area contributed by atoms with E-state index in [0.29, 0.717) is 0 Å². The van der Waals surface area contributed by atoms with Gasteiger partial charge in [-0.1, -0.05) is 6.92 Å². The van der Waals surface area contributed by atoms with Gasteiger partial charge in [-0.2, -0.15) is 11.8 Å². The quantitative estimate of drug-likeness (QED) is 0.616. The van der Waals surface area contributed by atoms with Gasteiger partial charge in [0.25, 0.3) is 0 Å². The predicted octanol–water partition coefficient (Wildman–Crippen LogP) is 2.22. The highest BCUT2D eigenvalue weighted by Crippen LogP contribution is 2.26. The molecular weight excluding hydrogens is 166 g/mol. The Hall–Kier alpha value is 0.310. The summed E-state index contributed by atoms with van der Waals surface area (Å²) in [6.45, 7) is 5.13. The fourth-order valence-corrected chi connectivity index (χ4v) is 3.62. The van der Waals surface area contributed by atoms with E-state index in [4.69, 9.17) is 0 Å². The normalized spacial score (nSPS) is 38.8. The highest BCUT2D eigenvalue weighted by molar-refractivity contribution is 7.99. The summed E-state index contributed by atoms with van der Waals surface area (Å²) in [5.74, 6) is 3.74. The van der Waals surface area contributed by atoms with Crippen molar-refractivity contribution in [1.29, 1.82) is 0 Å². The van der Waals surface area contributed by atoms with Crippen LogP contribution in [-0.2, 0) is 0 Å². The molecule has 2 fully saturated rings. The highest BCUT2D eigenvalue weighted by atomic mass is 32.2. The van der Waals surface area contributed by atoms with E-state index in [2.05, 4.69) is 23.6 Å². The van der Waals surface area contributed by atoms with Gasteiger partial charge in [-0.05, 0) is 37.5 Å². The SMILES string of the molecule is CC1CCCN(C2CCSC2)C1. The van der Waals surface area contributed by atoms with E-state index in [-0.39, 0.29) is 0 Å². The molecule has 12 heavy (non-hydrogen) atoms. The van der Waals surface area contributed by atoms with Crippen molar-refractivity contribution in [2.75, 3.05) is 24.6 Å². The highest BCUT2D eigenvalue weighted by Gasteiger charge is 2.26. The molecule has 2 saturated heterocycles. The van der Waals surface area contributed by atoms with Gasteiger partial charge in [0, 0.05) is 18.3 Å². The summed E-state index contributed by atoms with van der Waals surface area (Å²) in [7, 11) is 0. The molecule has 0 aromatic carbocycles. The van der Waals surface area contributed by atoms with Crippen LogP contribution in [0.15, 0.2) is 0 Å². The summed E-state index contributed by atoms with van der Waals surface area (Å²) in [5.41, 5.74) is 0. The third-order valence-electron chi connectivity index (χ3n) is 3.11. The third kappa shape index (κ3) is 1.97. The lowest BCUT2D eigenvalue weighted by Gasteiger charge is -2.35. The van der Waals surface area contributed by atoms with Crippen LogP contribution in [0.5, 0.6) is 0 Å². The zero-order valence-electron chi connectivity index (χ0n) is 7.96. The van der Waals surface area contributed by atoms with E-state index >= 15 is 0 Å². The van der Waals surface area contributed by atoms with Crippen LogP contribution < -0.4 is 0 Å². The topological polar surface area (TPSA) is 3.24 Å². The molecule has 0 aliphatic carbocycles. The smallest absolute Gasteiger partial charge is 0.0194 e. The summed E-state index contributed by atoms with van der Waals surface area (Å²) < 4.78 is 0. The molecule has 2 heterocycles. The van der Waals surface area contributed by atoms with Crippen LogP contribution in [0.4, 0.5) is 0 Å². The molecule has 70 valence electrons. The second kappa shape index (κ2) is 4.01. The summed E-state index contributed by atoms with van der Waals surface area (Å²) in [6.07, 6.45) is 4.33. The van der Waals surface area contributed by atoms with E-state index in [9.17, 15) is 0 Å². The fraction of sp³-hybridized carbons (Fsp3) is 1.00. The summed E-state index contributed by atoms with van der Waals surface area (Å²) in [5, 5.41) is 0. The Morgan fingerprint density at radius 2 is 2.25 bits per heavy atom. The lowest BCUT2D eigenvalue weighted by Crippen LogP contribution is -2.42. The third-order valence-corrected chi connectivity index (χ3v) is 4.26. The Morgan fingerprint density at radius 1 is 1.33 bits per heavy atom. The first-order chi connectivity index (χ1) is 5.86. The maximum Gasteiger partial charge on any atom is 0.0194 e. The van der Waals surface area contributed by atoms with Crippen LogP contribution in [0.1, 0.15) is 26.2 Å². The Balaban J connectivity index is 1.85. The maximum absolute atomic E-state index is 2.73. The fourth-order valence-electron chi connectivity index (χ4n) is 2.37. The average Bonchev–Trinajstić information content (AvgIpc) is 2.56. The molecule has 2 aliphatic rings. The zero-order chi connectivity index (χ0) is 8.39. The monoisotopic (exact) mass is 185 g/mol. The van der Waals surface area contributed by atoms with Gasteiger partial charge in [0.05, 0.1) is 0 Å². The lowest BCUT2D eigenvalue weighted by atomic mass is 9.98. The van der Waals surface area contributed by atoms with Crippen molar-refractivity contribution < 1.29 is 0 Å². The molecule has 0 radical (unpaired) electrons. The van der Waals surface area contributed by atoms with E-state index in [1.54, 1.807) is 0 Å². The molecule has 0 aromatic rings. The van der Waals surface area contributed by atoms with E-state index in [1.807, 2.05) is 0 Å². The van der Waals surface area contributed by atoms with Crippen molar-refractivity contribution in [3.05, 3.63) is 0 Å². The second-order valence-electron chi connectivity index (χ2n) is 4.26. The molecular formula is C10H19NS. The van der Waals surface area contributed by atoms with Crippen LogP contribution in [0.2, 0.25) is 0 Å². The maximum atomic E-state index is 2.73. The molecule has 0 N–H and O–H groups in total. The molecule has 0 aromatic heterocycles. The first kappa shape index (κ1) is 8.89. The first-order valence-electron chi connectivity index (χ1n) is 5.18. The minimum Gasteiger partial charge on any atom is -0.299 e. The number of thioether (sulfide) groups is 1. The molecule has 0 bridgehead atoms. The minimum absolute atomic E-state index is 0.928. The Bertz CT molecular complexity index is 143. The molecule has 2 heteroatoms. The molecule has 0 saturated carbocycles. The van der Waals surface area contributed by atoms with E-state index in [0.717, 1.165) is 12.0 Å². The van der Waals surface area contributed by atoms with Gasteiger partial charge >= 0.3 is 0 Å². The molecule has 0 spiro atoms. The number of hydrogen-bond donors (Lipinski definition) is 0. The van der Waals surface area contributed by atoms with Gasteiger partial charge in [0.15, 0.2) is 0 Å². The van der Waals surface area contributed by atoms with Gasteiger partial charge < -0.3 is 0 Å². The van der Waals surface area contributed by atoms with Gasteiger partial charge in [-0.25, -0.2) is 0 Å². The van der Waals surface area contributed by atoms with Crippen LogP contribution in [0.3, 0.4) is 0 Å². The van der Waals surface area contributed by atoms with Crippen LogP contribution in [0.25, 0.3) is 0 Å². The number of likely N-dealkylation sites (tertiary alicyclic amines) is 1. The number of rotatable bonds is 1. The second-order valence-corrected chi connectivity index (χ2v) is 5.41. The van der Waals surface area contributed by atoms with Crippen molar-refractivity contribution in [3.63, 3.8) is 0 Å². The van der Waals surface area contributed by atoms with E-state index in [1.165, 1.54) is 43.9 Å². The number of piperidine rings is 1. The van der Waals surface area contributed by atoms with Crippen LogP contribution in [-0.4, -0.2) is 35.5 Å².